The second kappa shape index (κ2) is 6.09. The van der Waals surface area contributed by atoms with E-state index in [4.69, 9.17) is 4.74 Å². The molecule has 0 fully saturated rings. The summed E-state index contributed by atoms with van der Waals surface area (Å²) in [6.45, 7) is 1.84. The van der Waals surface area contributed by atoms with Crippen molar-refractivity contribution in [1.82, 2.24) is 0 Å². The summed E-state index contributed by atoms with van der Waals surface area (Å²) in [5.74, 6) is -1.43. The zero-order valence-corrected chi connectivity index (χ0v) is 11.6. The second-order valence-corrected chi connectivity index (χ2v) is 4.77. The first kappa shape index (κ1) is 15.9. The van der Waals surface area contributed by atoms with Crippen LogP contribution >= 0.6 is 0 Å². The standard InChI is InChI=1S/C16H13F3O3/c1-10-5-7-11(8-6-10)14(15(20)21)22-13-4-2-3-12(9-13)16(17,18)19/h2-9,14H,1H3,(H,20,21)/t14-/m0/s1. The van der Waals surface area contributed by atoms with Gasteiger partial charge in [-0.3, -0.25) is 0 Å². The van der Waals surface area contributed by atoms with Crippen LogP contribution in [0.1, 0.15) is 22.8 Å². The number of benzene rings is 2. The molecule has 0 bridgehead atoms. The number of halogens is 3. The van der Waals surface area contributed by atoms with Crippen molar-refractivity contribution in [3.63, 3.8) is 0 Å². The molecular formula is C16H13F3O3. The number of hydrogen-bond acceptors (Lipinski definition) is 2. The zero-order valence-electron chi connectivity index (χ0n) is 11.6. The highest BCUT2D eigenvalue weighted by Crippen LogP contribution is 2.32. The van der Waals surface area contributed by atoms with Crippen molar-refractivity contribution in [2.24, 2.45) is 0 Å². The Morgan fingerprint density at radius 2 is 1.77 bits per heavy atom. The summed E-state index contributed by atoms with van der Waals surface area (Å²) in [4.78, 5) is 11.3. The summed E-state index contributed by atoms with van der Waals surface area (Å²) in [5.41, 5.74) is 0.403. The van der Waals surface area contributed by atoms with Gasteiger partial charge in [-0.2, -0.15) is 13.2 Å². The smallest absolute Gasteiger partial charge is 0.416 e. The lowest BCUT2D eigenvalue weighted by Gasteiger charge is -2.17. The molecule has 0 aliphatic carbocycles. The summed E-state index contributed by atoms with van der Waals surface area (Å²) in [6, 6.07) is 10.7. The number of aliphatic carboxylic acids is 1. The van der Waals surface area contributed by atoms with E-state index in [1.807, 2.05) is 6.92 Å². The molecular weight excluding hydrogens is 297 g/mol. The number of rotatable bonds is 4. The number of aryl methyl sites for hydroxylation is 1. The van der Waals surface area contributed by atoms with E-state index in [2.05, 4.69) is 0 Å². The Hall–Kier alpha value is -2.50. The third-order valence-corrected chi connectivity index (χ3v) is 3.02. The molecule has 6 heteroatoms. The van der Waals surface area contributed by atoms with Gasteiger partial charge in [-0.1, -0.05) is 35.9 Å². The third-order valence-electron chi connectivity index (χ3n) is 3.02. The first-order chi connectivity index (χ1) is 10.3. The van der Waals surface area contributed by atoms with E-state index in [1.54, 1.807) is 24.3 Å². The van der Waals surface area contributed by atoms with Crippen molar-refractivity contribution in [2.75, 3.05) is 0 Å². The number of alkyl halides is 3. The molecule has 0 heterocycles. The van der Waals surface area contributed by atoms with E-state index in [0.29, 0.717) is 5.56 Å². The molecule has 0 unspecified atom stereocenters. The lowest BCUT2D eigenvalue weighted by Crippen LogP contribution is -2.18. The van der Waals surface area contributed by atoms with Gasteiger partial charge in [-0.05, 0) is 25.1 Å². The van der Waals surface area contributed by atoms with Gasteiger partial charge < -0.3 is 9.84 Å². The van der Waals surface area contributed by atoms with Crippen LogP contribution in [0.2, 0.25) is 0 Å². The topological polar surface area (TPSA) is 46.5 Å². The molecule has 0 aromatic heterocycles. The van der Waals surface area contributed by atoms with Gasteiger partial charge in [0.15, 0.2) is 0 Å². The summed E-state index contributed by atoms with van der Waals surface area (Å²) >= 11 is 0. The highest BCUT2D eigenvalue weighted by atomic mass is 19.4. The molecule has 0 saturated carbocycles. The molecule has 0 saturated heterocycles. The molecule has 22 heavy (non-hydrogen) atoms. The molecule has 0 radical (unpaired) electrons. The minimum absolute atomic E-state index is 0.150. The number of hydrogen-bond donors (Lipinski definition) is 1. The number of ether oxygens (including phenoxy) is 1. The van der Waals surface area contributed by atoms with Crippen molar-refractivity contribution < 1.29 is 27.8 Å². The maximum Gasteiger partial charge on any atom is 0.416 e. The summed E-state index contributed by atoms with van der Waals surface area (Å²) in [7, 11) is 0. The molecule has 2 rings (SSSR count). The fraction of sp³-hybridized carbons (Fsp3) is 0.188. The predicted octanol–water partition coefficient (Wildman–Crippen LogP) is 4.22. The average Bonchev–Trinajstić information content (AvgIpc) is 2.45. The summed E-state index contributed by atoms with van der Waals surface area (Å²) in [5, 5.41) is 9.24. The Morgan fingerprint density at radius 1 is 1.14 bits per heavy atom. The first-order valence-electron chi connectivity index (χ1n) is 6.40. The second-order valence-electron chi connectivity index (χ2n) is 4.77. The average molecular weight is 310 g/mol. The quantitative estimate of drug-likeness (QED) is 0.919. The molecule has 1 atom stereocenters. The van der Waals surface area contributed by atoms with Gasteiger partial charge in [-0.25, -0.2) is 4.79 Å². The highest BCUT2D eigenvalue weighted by molar-refractivity contribution is 5.74. The molecule has 2 aromatic carbocycles. The molecule has 0 spiro atoms. The van der Waals surface area contributed by atoms with E-state index in [0.717, 1.165) is 17.7 Å². The highest BCUT2D eigenvalue weighted by Gasteiger charge is 2.31. The molecule has 0 amide bonds. The van der Waals surface area contributed by atoms with Gasteiger partial charge in [0.1, 0.15) is 5.75 Å². The Kier molecular flexibility index (Phi) is 4.40. The SMILES string of the molecule is Cc1ccc([C@H](Oc2cccc(C(F)(F)F)c2)C(=O)O)cc1. The normalized spacial score (nSPS) is 12.7. The molecule has 1 N–H and O–H groups in total. The Bertz CT molecular complexity index is 663. The molecule has 2 aromatic rings. The van der Waals surface area contributed by atoms with Crippen LogP contribution < -0.4 is 4.74 Å². The van der Waals surface area contributed by atoms with E-state index >= 15 is 0 Å². The van der Waals surface area contributed by atoms with Crippen LogP contribution in [0.25, 0.3) is 0 Å². The van der Waals surface area contributed by atoms with Crippen molar-refractivity contribution in [3.05, 3.63) is 65.2 Å². The molecule has 0 aliphatic rings. The molecule has 3 nitrogen and oxygen atoms in total. The summed E-state index contributed by atoms with van der Waals surface area (Å²) < 4.78 is 43.2. The van der Waals surface area contributed by atoms with Crippen LogP contribution in [0.3, 0.4) is 0 Å². The maximum atomic E-state index is 12.7. The van der Waals surface area contributed by atoms with E-state index in [-0.39, 0.29) is 5.75 Å². The van der Waals surface area contributed by atoms with Gasteiger partial charge >= 0.3 is 12.1 Å². The van der Waals surface area contributed by atoms with Crippen LogP contribution in [0.5, 0.6) is 5.75 Å². The summed E-state index contributed by atoms with van der Waals surface area (Å²) in [6.07, 6.45) is -5.88. The van der Waals surface area contributed by atoms with Crippen molar-refractivity contribution in [3.8, 4) is 5.75 Å². The number of carboxylic acids is 1. The Labute approximate surface area is 125 Å². The molecule has 116 valence electrons. The monoisotopic (exact) mass is 310 g/mol. The van der Waals surface area contributed by atoms with E-state index in [9.17, 15) is 23.1 Å². The largest absolute Gasteiger partial charge is 0.478 e. The fourth-order valence-corrected chi connectivity index (χ4v) is 1.88. The lowest BCUT2D eigenvalue weighted by atomic mass is 10.1. The Balaban J connectivity index is 2.29. The lowest BCUT2D eigenvalue weighted by molar-refractivity contribution is -0.145. The minimum Gasteiger partial charge on any atom is -0.478 e. The first-order valence-corrected chi connectivity index (χ1v) is 6.40. The fourth-order valence-electron chi connectivity index (χ4n) is 1.88. The zero-order chi connectivity index (χ0) is 16.3. The van der Waals surface area contributed by atoms with Crippen LogP contribution in [-0.2, 0) is 11.0 Å². The predicted molar refractivity (Wildman–Crippen MR) is 73.6 cm³/mol. The van der Waals surface area contributed by atoms with Crippen molar-refractivity contribution in [1.29, 1.82) is 0 Å². The Morgan fingerprint density at radius 3 is 2.32 bits per heavy atom. The van der Waals surface area contributed by atoms with Crippen LogP contribution in [0, 0.1) is 6.92 Å². The van der Waals surface area contributed by atoms with Gasteiger partial charge in [0.2, 0.25) is 6.10 Å². The molecule has 0 aliphatic heterocycles. The van der Waals surface area contributed by atoms with Crippen LogP contribution in [0.4, 0.5) is 13.2 Å². The number of carbonyl (C=O) groups is 1. The van der Waals surface area contributed by atoms with Gasteiger partial charge in [0, 0.05) is 5.56 Å². The van der Waals surface area contributed by atoms with Gasteiger partial charge in [0.25, 0.3) is 0 Å². The van der Waals surface area contributed by atoms with Crippen LogP contribution in [0.15, 0.2) is 48.5 Å². The number of carboxylic acid groups (broad SMARTS) is 1. The van der Waals surface area contributed by atoms with E-state index in [1.165, 1.54) is 12.1 Å². The maximum absolute atomic E-state index is 12.7. The van der Waals surface area contributed by atoms with Gasteiger partial charge in [-0.15, -0.1) is 0 Å². The van der Waals surface area contributed by atoms with Crippen molar-refractivity contribution >= 4 is 5.97 Å². The van der Waals surface area contributed by atoms with E-state index < -0.39 is 23.8 Å². The minimum atomic E-state index is -4.51. The van der Waals surface area contributed by atoms with Crippen molar-refractivity contribution in [2.45, 2.75) is 19.2 Å². The van der Waals surface area contributed by atoms with Gasteiger partial charge in [0.05, 0.1) is 5.56 Å². The third kappa shape index (κ3) is 3.78. The van der Waals surface area contributed by atoms with Crippen LogP contribution in [-0.4, -0.2) is 11.1 Å².